The van der Waals surface area contributed by atoms with Crippen LogP contribution in [0.15, 0.2) is 24.5 Å². The Labute approximate surface area is 90.0 Å². The van der Waals surface area contributed by atoms with Crippen molar-refractivity contribution in [2.75, 3.05) is 5.73 Å². The van der Waals surface area contributed by atoms with E-state index >= 15 is 0 Å². The molecule has 1 aromatic heterocycles. The summed E-state index contributed by atoms with van der Waals surface area (Å²) in [5, 5.41) is 0.0199. The zero-order valence-corrected chi connectivity index (χ0v) is 8.24. The number of hydrogen-bond donors (Lipinski definition) is 1. The maximum atomic E-state index is 12.9. The highest BCUT2D eigenvalue weighted by Gasteiger charge is 2.05. The fraction of sp³-hybridized carbons (Fsp3) is 0. The summed E-state index contributed by atoms with van der Waals surface area (Å²) >= 11 is 5.63. The van der Waals surface area contributed by atoms with Crippen LogP contribution in [-0.4, -0.2) is 15.0 Å². The number of nitrogens with zero attached hydrogens (tertiary/aromatic N) is 3. The fourth-order valence-electron chi connectivity index (χ4n) is 1.08. The lowest BCUT2D eigenvalue weighted by molar-refractivity contribution is 0.628. The van der Waals surface area contributed by atoms with Gasteiger partial charge in [0.15, 0.2) is 5.82 Å². The molecule has 4 nitrogen and oxygen atoms in total. The Bertz CT molecular complexity index is 503. The molecule has 0 aliphatic heterocycles. The summed E-state index contributed by atoms with van der Waals surface area (Å²) in [5.74, 6) is -0.00714. The standard InChI is InChI=1S/C9H6ClFN4/c10-6-3-5(1-2-7(6)11)8-13-4-14-9(12)15-8/h1-4H,(H2,12,13,14,15). The lowest BCUT2D eigenvalue weighted by Gasteiger charge is -2.01. The van der Waals surface area contributed by atoms with Gasteiger partial charge in [0.05, 0.1) is 5.02 Å². The number of rotatable bonds is 1. The Morgan fingerprint density at radius 2 is 2.07 bits per heavy atom. The second-order valence-corrected chi connectivity index (χ2v) is 3.20. The Hall–Kier alpha value is -1.75. The molecule has 0 saturated carbocycles. The largest absolute Gasteiger partial charge is 0.368 e. The van der Waals surface area contributed by atoms with Crippen LogP contribution >= 0.6 is 11.6 Å². The van der Waals surface area contributed by atoms with Gasteiger partial charge in [0.25, 0.3) is 0 Å². The van der Waals surface area contributed by atoms with Gasteiger partial charge in [-0.15, -0.1) is 0 Å². The molecule has 0 radical (unpaired) electrons. The summed E-state index contributed by atoms with van der Waals surface area (Å²) in [4.78, 5) is 11.4. The number of nitrogen functional groups attached to an aromatic ring is 1. The maximum absolute atomic E-state index is 12.9. The summed E-state index contributed by atoms with van der Waals surface area (Å²) in [5.41, 5.74) is 5.99. The molecule has 1 aromatic carbocycles. The van der Waals surface area contributed by atoms with Crippen LogP contribution in [0.25, 0.3) is 11.4 Å². The average Bonchev–Trinajstić information content (AvgIpc) is 2.22. The molecular weight excluding hydrogens is 219 g/mol. The lowest BCUT2D eigenvalue weighted by Crippen LogP contribution is -1.98. The van der Waals surface area contributed by atoms with E-state index in [0.29, 0.717) is 11.4 Å². The lowest BCUT2D eigenvalue weighted by atomic mass is 10.2. The van der Waals surface area contributed by atoms with Gasteiger partial charge in [0.1, 0.15) is 12.1 Å². The molecule has 0 bridgehead atoms. The van der Waals surface area contributed by atoms with E-state index in [-0.39, 0.29) is 11.0 Å². The molecule has 0 saturated heterocycles. The molecule has 0 aliphatic carbocycles. The minimum Gasteiger partial charge on any atom is -0.368 e. The third-order valence-electron chi connectivity index (χ3n) is 1.77. The normalized spacial score (nSPS) is 10.3. The first-order chi connectivity index (χ1) is 7.16. The molecule has 0 fully saturated rings. The second kappa shape index (κ2) is 3.78. The van der Waals surface area contributed by atoms with E-state index in [1.54, 1.807) is 0 Å². The predicted octanol–water partition coefficient (Wildman–Crippen LogP) is 1.91. The van der Waals surface area contributed by atoms with Crippen LogP contribution in [0.1, 0.15) is 0 Å². The first kappa shape index (κ1) is 9.79. The van der Waals surface area contributed by atoms with E-state index in [9.17, 15) is 4.39 Å². The fourth-order valence-corrected chi connectivity index (χ4v) is 1.26. The number of halogens is 2. The van der Waals surface area contributed by atoms with Crippen molar-refractivity contribution in [1.29, 1.82) is 0 Å². The van der Waals surface area contributed by atoms with Crippen molar-refractivity contribution in [1.82, 2.24) is 15.0 Å². The van der Waals surface area contributed by atoms with Crippen LogP contribution in [0.4, 0.5) is 10.3 Å². The van der Waals surface area contributed by atoms with Crippen LogP contribution in [-0.2, 0) is 0 Å². The van der Waals surface area contributed by atoms with Gasteiger partial charge in [-0.05, 0) is 18.2 Å². The maximum Gasteiger partial charge on any atom is 0.223 e. The molecule has 2 rings (SSSR count). The summed E-state index contributed by atoms with van der Waals surface area (Å²) in [6, 6.07) is 4.21. The summed E-state index contributed by atoms with van der Waals surface area (Å²) in [6.07, 6.45) is 1.29. The van der Waals surface area contributed by atoms with E-state index in [2.05, 4.69) is 15.0 Å². The molecule has 2 N–H and O–H groups in total. The van der Waals surface area contributed by atoms with Crippen molar-refractivity contribution in [3.63, 3.8) is 0 Å². The Kier molecular flexibility index (Phi) is 2.47. The molecule has 6 heteroatoms. The first-order valence-electron chi connectivity index (χ1n) is 4.07. The molecule has 2 aromatic rings. The molecule has 0 amide bonds. The average molecular weight is 225 g/mol. The molecular formula is C9H6ClFN4. The van der Waals surface area contributed by atoms with Crippen LogP contribution in [0, 0.1) is 5.82 Å². The zero-order chi connectivity index (χ0) is 10.8. The van der Waals surface area contributed by atoms with Gasteiger partial charge in [-0.25, -0.2) is 14.4 Å². The van der Waals surface area contributed by atoms with Crippen LogP contribution in [0.5, 0.6) is 0 Å². The number of nitrogens with two attached hydrogens (primary N) is 1. The third-order valence-corrected chi connectivity index (χ3v) is 2.06. The van der Waals surface area contributed by atoms with Crippen molar-refractivity contribution in [2.45, 2.75) is 0 Å². The van der Waals surface area contributed by atoms with E-state index in [0.717, 1.165) is 0 Å². The van der Waals surface area contributed by atoms with E-state index in [4.69, 9.17) is 17.3 Å². The first-order valence-corrected chi connectivity index (χ1v) is 4.44. The van der Waals surface area contributed by atoms with Gasteiger partial charge < -0.3 is 5.73 Å². The molecule has 0 aliphatic rings. The highest BCUT2D eigenvalue weighted by molar-refractivity contribution is 6.31. The molecule has 1 heterocycles. The van der Waals surface area contributed by atoms with Gasteiger partial charge in [0, 0.05) is 5.56 Å². The summed E-state index contributed by atoms with van der Waals surface area (Å²) < 4.78 is 12.9. The smallest absolute Gasteiger partial charge is 0.223 e. The second-order valence-electron chi connectivity index (χ2n) is 2.80. The van der Waals surface area contributed by atoms with Crippen molar-refractivity contribution in [2.24, 2.45) is 0 Å². The van der Waals surface area contributed by atoms with Gasteiger partial charge in [-0.1, -0.05) is 11.6 Å². The highest BCUT2D eigenvalue weighted by atomic mass is 35.5. The number of anilines is 1. The minimum atomic E-state index is -0.484. The van der Waals surface area contributed by atoms with Crippen LogP contribution < -0.4 is 5.73 Å². The van der Waals surface area contributed by atoms with E-state index in [1.165, 1.54) is 24.5 Å². The monoisotopic (exact) mass is 224 g/mol. The van der Waals surface area contributed by atoms with Crippen molar-refractivity contribution in [3.05, 3.63) is 35.4 Å². The molecule has 76 valence electrons. The van der Waals surface area contributed by atoms with E-state index < -0.39 is 5.82 Å². The number of hydrogen-bond acceptors (Lipinski definition) is 4. The molecule has 0 spiro atoms. The van der Waals surface area contributed by atoms with Crippen molar-refractivity contribution >= 4 is 17.5 Å². The van der Waals surface area contributed by atoms with Gasteiger partial charge in [0.2, 0.25) is 5.95 Å². The third kappa shape index (κ3) is 2.02. The Morgan fingerprint density at radius 1 is 1.27 bits per heavy atom. The van der Waals surface area contributed by atoms with Crippen LogP contribution in [0.2, 0.25) is 5.02 Å². The molecule has 0 unspecified atom stereocenters. The Morgan fingerprint density at radius 3 is 2.73 bits per heavy atom. The van der Waals surface area contributed by atoms with Crippen molar-refractivity contribution in [3.8, 4) is 11.4 Å². The van der Waals surface area contributed by atoms with Gasteiger partial charge >= 0.3 is 0 Å². The van der Waals surface area contributed by atoms with Gasteiger partial charge in [-0.2, -0.15) is 4.98 Å². The SMILES string of the molecule is Nc1ncnc(-c2ccc(F)c(Cl)c2)n1. The molecule has 0 atom stereocenters. The molecule has 15 heavy (non-hydrogen) atoms. The minimum absolute atomic E-state index is 0.0199. The van der Waals surface area contributed by atoms with Crippen molar-refractivity contribution < 1.29 is 4.39 Å². The highest BCUT2D eigenvalue weighted by Crippen LogP contribution is 2.21. The summed E-state index contributed by atoms with van der Waals surface area (Å²) in [7, 11) is 0. The Balaban J connectivity index is 2.50. The topological polar surface area (TPSA) is 64.7 Å². The van der Waals surface area contributed by atoms with E-state index in [1.807, 2.05) is 0 Å². The van der Waals surface area contributed by atoms with Gasteiger partial charge in [-0.3, -0.25) is 0 Å². The summed E-state index contributed by atoms with van der Waals surface area (Å²) in [6.45, 7) is 0. The predicted molar refractivity (Wildman–Crippen MR) is 54.6 cm³/mol. The zero-order valence-electron chi connectivity index (χ0n) is 7.48. The quantitative estimate of drug-likeness (QED) is 0.804. The number of benzene rings is 1. The van der Waals surface area contributed by atoms with Crippen LogP contribution in [0.3, 0.4) is 0 Å². The number of aromatic nitrogens is 3.